The number of rotatable bonds is 5. The number of amides is 1. The molecule has 1 aromatic heterocycles. The summed E-state index contributed by atoms with van der Waals surface area (Å²) in [4.78, 5) is 36.3. The molecule has 0 saturated carbocycles. The summed E-state index contributed by atoms with van der Waals surface area (Å²) in [6.45, 7) is 0. The van der Waals surface area contributed by atoms with E-state index in [4.69, 9.17) is 5.73 Å². The van der Waals surface area contributed by atoms with E-state index in [0.29, 0.717) is 22.2 Å². The van der Waals surface area contributed by atoms with Crippen molar-refractivity contribution in [2.45, 2.75) is 16.6 Å². The van der Waals surface area contributed by atoms with Crippen LogP contribution >= 0.6 is 23.5 Å². The van der Waals surface area contributed by atoms with E-state index in [1.165, 1.54) is 40.1 Å². The summed E-state index contributed by atoms with van der Waals surface area (Å²) < 4.78 is 6.08. The Hall–Kier alpha value is -2.05. The Labute approximate surface area is 150 Å². The quantitative estimate of drug-likeness (QED) is 0.379. The van der Waals surface area contributed by atoms with Gasteiger partial charge in [0.1, 0.15) is 17.1 Å². The summed E-state index contributed by atoms with van der Waals surface area (Å²) >= 11 is 2.67. The van der Waals surface area contributed by atoms with Crippen LogP contribution in [0.2, 0.25) is 0 Å². The van der Waals surface area contributed by atoms with Crippen LogP contribution in [0.1, 0.15) is 10.6 Å². The van der Waals surface area contributed by atoms with Crippen molar-refractivity contribution in [3.05, 3.63) is 17.1 Å². The Morgan fingerprint density at radius 2 is 2.20 bits per heavy atom. The number of hydrogen-bond donors (Lipinski definition) is 2. The number of aromatic nitrogens is 3. The number of carboxylic acids is 1. The van der Waals surface area contributed by atoms with Crippen LogP contribution in [0.25, 0.3) is 0 Å². The monoisotopic (exact) mass is 385 g/mol. The number of nitrogens with zero attached hydrogens (tertiary/aromatic N) is 4. The summed E-state index contributed by atoms with van der Waals surface area (Å²) in [6.07, 6.45) is 0. The molecule has 0 bridgehead atoms. The highest BCUT2D eigenvalue weighted by atomic mass is 32.2. The Morgan fingerprint density at radius 1 is 1.48 bits per heavy atom. The van der Waals surface area contributed by atoms with Gasteiger partial charge in [-0.15, -0.1) is 22.0 Å². The maximum absolute atomic E-state index is 11.9. The van der Waals surface area contributed by atoms with Gasteiger partial charge in [0.25, 0.3) is 0 Å². The molecule has 134 valence electrons. The number of β-lactam (4-membered cyclic amide) rings is 1. The van der Waals surface area contributed by atoms with Crippen LogP contribution in [-0.2, 0) is 21.4 Å². The lowest BCUT2D eigenvalue weighted by atomic mass is 10.0. The van der Waals surface area contributed by atoms with Gasteiger partial charge in [-0.3, -0.25) is 14.3 Å². The minimum absolute atomic E-state index is 0.0155. The molecule has 0 spiro atoms. The van der Waals surface area contributed by atoms with Crippen LogP contribution < -0.4 is 5.73 Å². The number of carboxylic acid groups (broad SMARTS) is 1. The predicted octanol–water partition coefficient (Wildman–Crippen LogP) is -0.725. The van der Waals surface area contributed by atoms with Gasteiger partial charge in [0.05, 0.1) is 7.11 Å². The Kier molecular flexibility index (Phi) is 4.75. The van der Waals surface area contributed by atoms with Gasteiger partial charge in [0.2, 0.25) is 11.7 Å². The fourth-order valence-corrected chi connectivity index (χ4v) is 4.90. The molecule has 2 atom stereocenters. The van der Waals surface area contributed by atoms with Gasteiger partial charge in [-0.1, -0.05) is 11.8 Å². The van der Waals surface area contributed by atoms with Gasteiger partial charge in [-0.05, 0) is 5.57 Å². The summed E-state index contributed by atoms with van der Waals surface area (Å²) in [5.41, 5.74) is 6.30. The third kappa shape index (κ3) is 2.89. The normalized spacial score (nSPS) is 22.5. The number of fused-ring (bicyclic) bond motifs is 1. The van der Waals surface area contributed by atoms with Crippen LogP contribution in [0.15, 0.2) is 16.4 Å². The number of thioether (sulfide) groups is 2. The first-order valence-corrected chi connectivity index (χ1v) is 9.16. The molecule has 1 saturated heterocycles. The largest absolute Gasteiger partial charge is 0.477 e. The average Bonchev–Trinajstić information content (AvgIpc) is 2.98. The van der Waals surface area contributed by atoms with Gasteiger partial charge in [0.15, 0.2) is 5.16 Å². The highest BCUT2D eigenvalue weighted by molar-refractivity contribution is 8.01. The number of nitrogens with two attached hydrogens (primary N) is 1. The van der Waals surface area contributed by atoms with E-state index in [0.717, 1.165) is 0 Å². The summed E-state index contributed by atoms with van der Waals surface area (Å²) in [5, 5.41) is 17.3. The molecule has 0 unspecified atom stereocenters. The van der Waals surface area contributed by atoms with Crippen molar-refractivity contribution in [3.8, 4) is 0 Å². The van der Waals surface area contributed by atoms with Gasteiger partial charge in [-0.25, -0.2) is 9.59 Å². The molecule has 10 nitrogen and oxygen atoms in total. The lowest BCUT2D eigenvalue weighted by molar-refractivity contribution is -0.147. The molecular formula is C13H15N5O5S2. The zero-order chi connectivity index (χ0) is 18.3. The molecule has 3 rings (SSSR count). The summed E-state index contributed by atoms with van der Waals surface area (Å²) in [6, 6.07) is -0.657. The van der Waals surface area contributed by atoms with Crippen molar-refractivity contribution in [3.63, 3.8) is 0 Å². The topological polar surface area (TPSA) is 141 Å². The second-order valence-electron chi connectivity index (χ2n) is 5.34. The van der Waals surface area contributed by atoms with Gasteiger partial charge in [0, 0.05) is 18.6 Å². The van der Waals surface area contributed by atoms with E-state index in [1.54, 1.807) is 7.05 Å². The van der Waals surface area contributed by atoms with Crippen molar-refractivity contribution in [1.82, 2.24) is 19.7 Å². The molecule has 3 N–H and O–H groups in total. The molecule has 2 aliphatic rings. The number of aliphatic carboxylic acids is 1. The first-order valence-electron chi connectivity index (χ1n) is 7.13. The molecule has 12 heteroatoms. The van der Waals surface area contributed by atoms with Gasteiger partial charge < -0.3 is 15.6 Å². The third-order valence-electron chi connectivity index (χ3n) is 3.87. The smallest absolute Gasteiger partial charge is 0.376 e. The van der Waals surface area contributed by atoms with Crippen molar-refractivity contribution < 1.29 is 24.2 Å². The second-order valence-corrected chi connectivity index (χ2v) is 7.39. The van der Waals surface area contributed by atoms with E-state index in [2.05, 4.69) is 14.9 Å². The summed E-state index contributed by atoms with van der Waals surface area (Å²) in [5.74, 6) is -1.34. The minimum Gasteiger partial charge on any atom is -0.477 e. The van der Waals surface area contributed by atoms with Crippen LogP contribution in [0, 0.1) is 0 Å². The average molecular weight is 385 g/mol. The lowest BCUT2D eigenvalue weighted by Gasteiger charge is -2.48. The second kappa shape index (κ2) is 6.69. The first kappa shape index (κ1) is 17.8. The number of hydrogen-bond acceptors (Lipinski definition) is 9. The molecule has 25 heavy (non-hydrogen) atoms. The molecule has 2 aliphatic heterocycles. The maximum atomic E-state index is 11.9. The van der Waals surface area contributed by atoms with E-state index in [-0.39, 0.29) is 22.8 Å². The fourth-order valence-electron chi connectivity index (χ4n) is 2.55. The van der Waals surface area contributed by atoms with Crippen LogP contribution in [0.5, 0.6) is 0 Å². The summed E-state index contributed by atoms with van der Waals surface area (Å²) in [7, 11) is 2.86. The Balaban J connectivity index is 1.80. The van der Waals surface area contributed by atoms with Crippen LogP contribution in [-0.4, -0.2) is 72.6 Å². The Bertz CT molecular complexity index is 792. The zero-order valence-electron chi connectivity index (χ0n) is 13.3. The third-order valence-corrected chi connectivity index (χ3v) is 6.34. The maximum Gasteiger partial charge on any atom is 0.376 e. The molecule has 3 heterocycles. The predicted molar refractivity (Wildman–Crippen MR) is 88.8 cm³/mol. The minimum atomic E-state index is -1.16. The lowest BCUT2D eigenvalue weighted by Crippen LogP contribution is -2.68. The van der Waals surface area contributed by atoms with Crippen molar-refractivity contribution in [1.29, 1.82) is 0 Å². The number of methoxy groups -OCH3 is 1. The highest BCUT2D eigenvalue weighted by Crippen LogP contribution is 2.40. The van der Waals surface area contributed by atoms with Crippen LogP contribution in [0.4, 0.5) is 0 Å². The number of carbonyl (C=O) groups is 3. The highest BCUT2D eigenvalue weighted by Gasteiger charge is 2.51. The molecule has 1 fully saturated rings. The standard InChI is InChI=1S/C13H15N5O5S2/c1-17-8(12(22)23-2)15-16-13(17)25-4-5-3-24-10-6(14)9(19)18(10)7(5)11(20)21/h6,10H,3-4,14H2,1-2H3,(H,20,21)/t6-,10-/m1/s1. The van der Waals surface area contributed by atoms with Crippen molar-refractivity contribution in [2.24, 2.45) is 12.8 Å². The molecular weight excluding hydrogens is 370 g/mol. The van der Waals surface area contributed by atoms with E-state index in [9.17, 15) is 19.5 Å². The first-order chi connectivity index (χ1) is 11.9. The van der Waals surface area contributed by atoms with E-state index >= 15 is 0 Å². The van der Waals surface area contributed by atoms with Gasteiger partial charge in [-0.2, -0.15) is 0 Å². The molecule has 0 aliphatic carbocycles. The number of carbonyl (C=O) groups excluding carboxylic acids is 2. The Morgan fingerprint density at radius 3 is 2.84 bits per heavy atom. The number of esters is 1. The fraction of sp³-hybridized carbons (Fsp3) is 0.462. The van der Waals surface area contributed by atoms with Crippen LogP contribution in [0.3, 0.4) is 0 Å². The zero-order valence-corrected chi connectivity index (χ0v) is 15.0. The number of ether oxygens (including phenoxy) is 1. The van der Waals surface area contributed by atoms with Crippen molar-refractivity contribution >= 4 is 41.4 Å². The van der Waals surface area contributed by atoms with E-state index < -0.39 is 18.0 Å². The SMILES string of the molecule is COC(=O)c1nnc(SCC2=C(C(=O)O)N3C(=O)[C@@H](N)[C@H]3SC2)n1C. The molecule has 1 amide bonds. The van der Waals surface area contributed by atoms with Crippen molar-refractivity contribution in [2.75, 3.05) is 18.6 Å². The van der Waals surface area contributed by atoms with Gasteiger partial charge >= 0.3 is 11.9 Å². The molecule has 1 aromatic rings. The van der Waals surface area contributed by atoms with E-state index in [1.807, 2.05) is 0 Å². The molecule has 0 aromatic carbocycles. The molecule has 0 radical (unpaired) electrons.